The molecule has 0 aliphatic carbocycles. The number of carbonyl (C=O) groups is 1. The van der Waals surface area contributed by atoms with Crippen LogP contribution in [0.1, 0.15) is 24.5 Å². The van der Waals surface area contributed by atoms with Gasteiger partial charge < -0.3 is 14.8 Å². The van der Waals surface area contributed by atoms with Gasteiger partial charge in [0.1, 0.15) is 11.5 Å². The van der Waals surface area contributed by atoms with E-state index >= 15 is 0 Å². The highest BCUT2D eigenvalue weighted by Gasteiger charge is 2.18. The van der Waals surface area contributed by atoms with E-state index < -0.39 is 6.10 Å². The lowest BCUT2D eigenvalue weighted by Gasteiger charge is -2.17. The van der Waals surface area contributed by atoms with Crippen molar-refractivity contribution in [2.45, 2.75) is 32.9 Å². The van der Waals surface area contributed by atoms with Crippen LogP contribution in [0.15, 0.2) is 48.5 Å². The third-order valence-corrected chi connectivity index (χ3v) is 3.56. The molecule has 0 aliphatic rings. The van der Waals surface area contributed by atoms with Gasteiger partial charge in [0.2, 0.25) is 0 Å². The molecule has 4 heteroatoms. The molecular formula is C19H23NO3. The van der Waals surface area contributed by atoms with Crippen molar-refractivity contribution in [3.63, 3.8) is 0 Å². The standard InChI is InChI=1S/C19H23NO3/c1-4-18(23-17-7-5-6-14(2)12-17)19(21)20-13-15-8-10-16(22-3)11-9-15/h5-12,18H,4,13H2,1-3H3,(H,20,21). The quantitative estimate of drug-likeness (QED) is 0.851. The minimum Gasteiger partial charge on any atom is -0.497 e. The first-order valence-electron chi connectivity index (χ1n) is 7.76. The number of hydrogen-bond acceptors (Lipinski definition) is 3. The average Bonchev–Trinajstić information content (AvgIpc) is 2.58. The molecule has 2 rings (SSSR count). The van der Waals surface area contributed by atoms with Crippen molar-refractivity contribution in [2.24, 2.45) is 0 Å². The van der Waals surface area contributed by atoms with Gasteiger partial charge in [-0.3, -0.25) is 4.79 Å². The Hall–Kier alpha value is -2.49. The predicted molar refractivity (Wildman–Crippen MR) is 90.7 cm³/mol. The highest BCUT2D eigenvalue weighted by molar-refractivity contribution is 5.81. The summed E-state index contributed by atoms with van der Waals surface area (Å²) in [5.41, 5.74) is 2.13. The topological polar surface area (TPSA) is 47.6 Å². The van der Waals surface area contributed by atoms with E-state index in [2.05, 4.69) is 5.32 Å². The Morgan fingerprint density at radius 2 is 1.87 bits per heavy atom. The first-order valence-corrected chi connectivity index (χ1v) is 7.76. The molecule has 2 aromatic rings. The molecule has 0 saturated heterocycles. The molecule has 122 valence electrons. The van der Waals surface area contributed by atoms with E-state index in [9.17, 15) is 4.79 Å². The molecule has 0 radical (unpaired) electrons. The third-order valence-electron chi connectivity index (χ3n) is 3.56. The van der Waals surface area contributed by atoms with Crippen LogP contribution in [0.25, 0.3) is 0 Å². The first kappa shape index (κ1) is 16.9. The van der Waals surface area contributed by atoms with E-state index in [4.69, 9.17) is 9.47 Å². The molecule has 0 spiro atoms. The zero-order valence-electron chi connectivity index (χ0n) is 13.8. The van der Waals surface area contributed by atoms with Gasteiger partial charge in [0, 0.05) is 6.54 Å². The maximum atomic E-state index is 12.3. The van der Waals surface area contributed by atoms with E-state index in [0.717, 1.165) is 22.6 Å². The molecule has 1 amide bonds. The van der Waals surface area contributed by atoms with E-state index in [1.807, 2.05) is 62.4 Å². The van der Waals surface area contributed by atoms with Crippen molar-refractivity contribution in [3.05, 3.63) is 59.7 Å². The molecular weight excluding hydrogens is 290 g/mol. The predicted octanol–water partition coefficient (Wildman–Crippen LogP) is 3.48. The molecule has 0 saturated carbocycles. The van der Waals surface area contributed by atoms with Gasteiger partial charge in [-0.15, -0.1) is 0 Å². The molecule has 4 nitrogen and oxygen atoms in total. The van der Waals surface area contributed by atoms with Gasteiger partial charge in [-0.25, -0.2) is 0 Å². The fourth-order valence-electron chi connectivity index (χ4n) is 2.22. The van der Waals surface area contributed by atoms with Crippen molar-refractivity contribution in [1.29, 1.82) is 0 Å². The molecule has 2 aromatic carbocycles. The molecule has 23 heavy (non-hydrogen) atoms. The van der Waals surface area contributed by atoms with Gasteiger partial charge in [-0.2, -0.15) is 0 Å². The van der Waals surface area contributed by atoms with Gasteiger partial charge in [-0.05, 0) is 48.7 Å². The van der Waals surface area contributed by atoms with E-state index in [-0.39, 0.29) is 5.91 Å². The van der Waals surface area contributed by atoms with Crippen molar-refractivity contribution in [3.8, 4) is 11.5 Å². The summed E-state index contributed by atoms with van der Waals surface area (Å²) in [6.07, 6.45) is 0.123. The Balaban J connectivity index is 1.91. The molecule has 1 N–H and O–H groups in total. The SMILES string of the molecule is CCC(Oc1cccc(C)c1)C(=O)NCc1ccc(OC)cc1. The lowest BCUT2D eigenvalue weighted by atomic mass is 10.2. The number of carbonyl (C=O) groups excluding carboxylic acids is 1. The average molecular weight is 313 g/mol. The third kappa shape index (κ3) is 5.02. The largest absolute Gasteiger partial charge is 0.497 e. The molecule has 1 unspecified atom stereocenters. The lowest BCUT2D eigenvalue weighted by molar-refractivity contribution is -0.128. The van der Waals surface area contributed by atoms with Crippen LogP contribution in [0, 0.1) is 6.92 Å². The van der Waals surface area contributed by atoms with Gasteiger partial charge in [0.05, 0.1) is 7.11 Å². The van der Waals surface area contributed by atoms with Gasteiger partial charge >= 0.3 is 0 Å². The zero-order chi connectivity index (χ0) is 16.7. The number of amides is 1. The van der Waals surface area contributed by atoms with Crippen LogP contribution in [0.3, 0.4) is 0 Å². The number of ether oxygens (including phenoxy) is 2. The second kappa shape index (κ2) is 8.22. The van der Waals surface area contributed by atoms with Crippen LogP contribution in [0.2, 0.25) is 0 Å². The highest BCUT2D eigenvalue weighted by atomic mass is 16.5. The fourth-order valence-corrected chi connectivity index (χ4v) is 2.22. The summed E-state index contributed by atoms with van der Waals surface area (Å²) in [6.45, 7) is 4.40. The molecule has 0 bridgehead atoms. The smallest absolute Gasteiger partial charge is 0.261 e. The minimum absolute atomic E-state index is 0.107. The number of nitrogens with one attached hydrogen (secondary N) is 1. The van der Waals surface area contributed by atoms with Crippen molar-refractivity contribution in [2.75, 3.05) is 7.11 Å². The molecule has 1 atom stereocenters. The van der Waals surface area contributed by atoms with Gasteiger partial charge in [-0.1, -0.05) is 31.2 Å². The van der Waals surface area contributed by atoms with E-state index in [0.29, 0.717) is 13.0 Å². The molecule has 0 heterocycles. The molecule has 0 fully saturated rings. The van der Waals surface area contributed by atoms with Crippen molar-refractivity contribution in [1.82, 2.24) is 5.32 Å². The Labute approximate surface area is 137 Å². The zero-order valence-corrected chi connectivity index (χ0v) is 13.8. The second-order valence-corrected chi connectivity index (χ2v) is 5.40. The van der Waals surface area contributed by atoms with Crippen LogP contribution in [-0.4, -0.2) is 19.1 Å². The Morgan fingerprint density at radius 1 is 1.13 bits per heavy atom. The normalized spacial score (nSPS) is 11.6. The van der Waals surface area contributed by atoms with E-state index in [1.165, 1.54) is 0 Å². The summed E-state index contributed by atoms with van der Waals surface area (Å²) in [5, 5.41) is 2.92. The Morgan fingerprint density at radius 3 is 2.48 bits per heavy atom. The minimum atomic E-state index is -0.491. The lowest BCUT2D eigenvalue weighted by Crippen LogP contribution is -2.37. The van der Waals surface area contributed by atoms with Crippen LogP contribution in [0.5, 0.6) is 11.5 Å². The van der Waals surface area contributed by atoms with E-state index in [1.54, 1.807) is 7.11 Å². The number of methoxy groups -OCH3 is 1. The monoisotopic (exact) mass is 313 g/mol. The maximum absolute atomic E-state index is 12.3. The summed E-state index contributed by atoms with van der Waals surface area (Å²) < 4.78 is 10.9. The summed E-state index contributed by atoms with van der Waals surface area (Å²) in [4.78, 5) is 12.3. The van der Waals surface area contributed by atoms with Crippen LogP contribution in [0.4, 0.5) is 0 Å². The highest BCUT2D eigenvalue weighted by Crippen LogP contribution is 2.16. The Kier molecular flexibility index (Phi) is 6.03. The first-order chi connectivity index (χ1) is 11.1. The fraction of sp³-hybridized carbons (Fsp3) is 0.316. The van der Waals surface area contributed by atoms with Gasteiger partial charge in [0.15, 0.2) is 6.10 Å². The summed E-state index contributed by atoms with van der Waals surface area (Å²) in [6, 6.07) is 15.3. The molecule has 0 aliphatic heterocycles. The summed E-state index contributed by atoms with van der Waals surface area (Å²) in [5.74, 6) is 1.41. The molecule has 0 aromatic heterocycles. The second-order valence-electron chi connectivity index (χ2n) is 5.40. The van der Waals surface area contributed by atoms with Crippen LogP contribution >= 0.6 is 0 Å². The number of benzene rings is 2. The van der Waals surface area contributed by atoms with Gasteiger partial charge in [0.25, 0.3) is 5.91 Å². The maximum Gasteiger partial charge on any atom is 0.261 e. The number of aryl methyl sites for hydroxylation is 1. The van der Waals surface area contributed by atoms with Crippen LogP contribution in [-0.2, 0) is 11.3 Å². The summed E-state index contributed by atoms with van der Waals surface area (Å²) in [7, 11) is 1.63. The summed E-state index contributed by atoms with van der Waals surface area (Å²) >= 11 is 0. The Bertz CT molecular complexity index is 637. The van der Waals surface area contributed by atoms with Crippen molar-refractivity contribution >= 4 is 5.91 Å². The van der Waals surface area contributed by atoms with Crippen LogP contribution < -0.4 is 14.8 Å². The number of hydrogen-bond donors (Lipinski definition) is 1. The number of rotatable bonds is 7. The van der Waals surface area contributed by atoms with Crippen molar-refractivity contribution < 1.29 is 14.3 Å².